The molecule has 1 amide bonds. The first kappa shape index (κ1) is 20.4. The summed E-state index contributed by atoms with van der Waals surface area (Å²) in [4.78, 5) is 31.5. The van der Waals surface area contributed by atoms with Gasteiger partial charge in [-0.25, -0.2) is 0 Å². The Morgan fingerprint density at radius 3 is 2.16 bits per heavy atom. The highest BCUT2D eigenvalue weighted by molar-refractivity contribution is 5.89. The van der Waals surface area contributed by atoms with Gasteiger partial charge in [0.15, 0.2) is 0 Å². The highest BCUT2D eigenvalue weighted by atomic mass is 16.2. The number of likely N-dealkylation sites (tertiary alicyclic amines) is 1. The van der Waals surface area contributed by atoms with Crippen LogP contribution < -0.4 is 0 Å². The SMILES string of the molecule is CCC(=O)CC(C)(C)C(=O)N1CCC(CCN2CCN(C)CC2)CC1. The molecule has 0 aliphatic carbocycles. The third kappa shape index (κ3) is 6.07. The molecule has 2 heterocycles. The van der Waals surface area contributed by atoms with Gasteiger partial charge in [0, 0.05) is 52.1 Å². The summed E-state index contributed by atoms with van der Waals surface area (Å²) in [7, 11) is 2.19. The van der Waals surface area contributed by atoms with Gasteiger partial charge in [-0.05, 0) is 38.8 Å². The number of Topliss-reactive ketones (excluding diaryl/α,β-unsaturated/α-hetero) is 1. The third-order valence-corrected chi connectivity index (χ3v) is 5.96. The number of ketones is 1. The Morgan fingerprint density at radius 2 is 1.60 bits per heavy atom. The third-order valence-electron chi connectivity index (χ3n) is 5.96. The van der Waals surface area contributed by atoms with Crippen molar-refractivity contribution < 1.29 is 9.59 Å². The van der Waals surface area contributed by atoms with E-state index in [1.54, 1.807) is 0 Å². The fraction of sp³-hybridized carbons (Fsp3) is 0.900. The van der Waals surface area contributed by atoms with Crippen LogP contribution in [0.2, 0.25) is 0 Å². The Labute approximate surface area is 153 Å². The number of hydrogen-bond donors (Lipinski definition) is 0. The van der Waals surface area contributed by atoms with Gasteiger partial charge in [-0.3, -0.25) is 9.59 Å². The largest absolute Gasteiger partial charge is 0.342 e. The first-order valence-corrected chi connectivity index (χ1v) is 10.0. The molecule has 0 radical (unpaired) electrons. The quantitative estimate of drug-likeness (QED) is 0.706. The van der Waals surface area contributed by atoms with Crippen molar-refractivity contribution in [3.8, 4) is 0 Å². The normalized spacial score (nSPS) is 21.5. The van der Waals surface area contributed by atoms with Crippen LogP contribution in [-0.2, 0) is 9.59 Å². The fourth-order valence-electron chi connectivity index (χ4n) is 3.98. The lowest BCUT2D eigenvalue weighted by Gasteiger charge is -2.38. The first-order valence-electron chi connectivity index (χ1n) is 10.0. The summed E-state index contributed by atoms with van der Waals surface area (Å²) in [5.74, 6) is 1.08. The van der Waals surface area contributed by atoms with Crippen LogP contribution in [0.25, 0.3) is 0 Å². The van der Waals surface area contributed by atoms with Crippen molar-refractivity contribution >= 4 is 11.7 Å². The van der Waals surface area contributed by atoms with E-state index < -0.39 is 5.41 Å². The fourth-order valence-corrected chi connectivity index (χ4v) is 3.98. The maximum absolute atomic E-state index is 12.8. The second-order valence-corrected chi connectivity index (χ2v) is 8.62. The molecule has 0 saturated carbocycles. The Kier molecular flexibility index (Phi) is 7.44. The van der Waals surface area contributed by atoms with Gasteiger partial charge in [0.05, 0.1) is 5.41 Å². The molecule has 25 heavy (non-hydrogen) atoms. The Morgan fingerprint density at radius 1 is 1.00 bits per heavy atom. The maximum Gasteiger partial charge on any atom is 0.228 e. The summed E-state index contributed by atoms with van der Waals surface area (Å²) >= 11 is 0. The zero-order chi connectivity index (χ0) is 18.4. The molecule has 0 N–H and O–H groups in total. The lowest BCUT2D eigenvalue weighted by Crippen LogP contribution is -2.47. The van der Waals surface area contributed by atoms with Gasteiger partial charge < -0.3 is 14.7 Å². The van der Waals surface area contributed by atoms with Crippen LogP contribution in [0.5, 0.6) is 0 Å². The number of nitrogens with zero attached hydrogens (tertiary/aromatic N) is 3. The predicted molar refractivity (Wildman–Crippen MR) is 102 cm³/mol. The van der Waals surface area contributed by atoms with Crippen molar-refractivity contribution in [3.05, 3.63) is 0 Å². The lowest BCUT2D eigenvalue weighted by atomic mass is 9.83. The minimum Gasteiger partial charge on any atom is -0.342 e. The minimum absolute atomic E-state index is 0.159. The highest BCUT2D eigenvalue weighted by Crippen LogP contribution is 2.28. The molecule has 0 aromatic rings. The number of rotatable bonds is 7. The summed E-state index contributed by atoms with van der Waals surface area (Å²) in [5.41, 5.74) is -0.556. The summed E-state index contributed by atoms with van der Waals surface area (Å²) < 4.78 is 0. The van der Waals surface area contributed by atoms with E-state index in [2.05, 4.69) is 16.8 Å². The molecule has 2 aliphatic heterocycles. The van der Waals surface area contributed by atoms with Crippen molar-refractivity contribution in [1.82, 2.24) is 14.7 Å². The molecule has 0 unspecified atom stereocenters. The molecule has 2 aliphatic rings. The van der Waals surface area contributed by atoms with Crippen LogP contribution in [0.4, 0.5) is 0 Å². The number of hydrogen-bond acceptors (Lipinski definition) is 4. The molecular formula is C20H37N3O2. The average molecular weight is 352 g/mol. The second-order valence-electron chi connectivity index (χ2n) is 8.62. The standard InChI is InChI=1S/C20H37N3O2/c1-5-18(24)16-20(2,3)19(25)23-10-7-17(8-11-23)6-9-22-14-12-21(4)13-15-22/h17H,5-16H2,1-4H3. The number of piperazine rings is 1. The van der Waals surface area contributed by atoms with Crippen molar-refractivity contribution in [3.63, 3.8) is 0 Å². The number of carbonyl (C=O) groups excluding carboxylic acids is 2. The molecular weight excluding hydrogens is 314 g/mol. The van der Waals surface area contributed by atoms with Gasteiger partial charge in [0.25, 0.3) is 0 Å². The summed E-state index contributed by atoms with van der Waals surface area (Å²) in [6, 6.07) is 0. The lowest BCUT2D eigenvalue weighted by molar-refractivity contribution is -0.144. The van der Waals surface area contributed by atoms with E-state index >= 15 is 0 Å². The van der Waals surface area contributed by atoms with Crippen molar-refractivity contribution in [2.75, 3.05) is 52.9 Å². The van der Waals surface area contributed by atoms with Crippen LogP contribution >= 0.6 is 0 Å². The van der Waals surface area contributed by atoms with Crippen LogP contribution in [0.1, 0.15) is 52.9 Å². The van der Waals surface area contributed by atoms with Gasteiger partial charge >= 0.3 is 0 Å². The van der Waals surface area contributed by atoms with Gasteiger partial charge in [0.2, 0.25) is 5.91 Å². The van der Waals surface area contributed by atoms with E-state index in [0.717, 1.165) is 31.8 Å². The minimum atomic E-state index is -0.556. The smallest absolute Gasteiger partial charge is 0.228 e. The molecule has 5 nitrogen and oxygen atoms in total. The Hall–Kier alpha value is -0.940. The Bertz CT molecular complexity index is 448. The van der Waals surface area contributed by atoms with E-state index in [-0.39, 0.29) is 11.7 Å². The topological polar surface area (TPSA) is 43.9 Å². The molecule has 0 bridgehead atoms. The summed E-state index contributed by atoms with van der Waals surface area (Å²) in [6.45, 7) is 13.4. The van der Waals surface area contributed by atoms with E-state index in [9.17, 15) is 9.59 Å². The molecule has 0 aromatic carbocycles. The van der Waals surface area contributed by atoms with E-state index in [0.29, 0.717) is 12.8 Å². The summed E-state index contributed by atoms with van der Waals surface area (Å²) in [6.07, 6.45) is 4.36. The van der Waals surface area contributed by atoms with E-state index in [1.165, 1.54) is 39.1 Å². The molecule has 2 saturated heterocycles. The maximum atomic E-state index is 12.8. The molecule has 2 rings (SSSR count). The van der Waals surface area contributed by atoms with Crippen LogP contribution in [-0.4, -0.2) is 79.3 Å². The average Bonchev–Trinajstić information content (AvgIpc) is 2.60. The van der Waals surface area contributed by atoms with Crippen LogP contribution in [0.15, 0.2) is 0 Å². The molecule has 0 spiro atoms. The molecule has 144 valence electrons. The zero-order valence-corrected chi connectivity index (χ0v) is 16.7. The van der Waals surface area contributed by atoms with Crippen molar-refractivity contribution in [1.29, 1.82) is 0 Å². The van der Waals surface area contributed by atoms with Crippen LogP contribution in [0, 0.1) is 11.3 Å². The molecule has 0 aromatic heterocycles. The molecule has 0 atom stereocenters. The number of amides is 1. The monoisotopic (exact) mass is 351 g/mol. The van der Waals surface area contributed by atoms with E-state index in [4.69, 9.17) is 0 Å². The number of likely N-dealkylation sites (N-methyl/N-ethyl adjacent to an activating group) is 1. The first-order chi connectivity index (χ1) is 11.8. The predicted octanol–water partition coefficient (Wildman–Crippen LogP) is 2.26. The van der Waals surface area contributed by atoms with Crippen molar-refractivity contribution in [2.24, 2.45) is 11.3 Å². The van der Waals surface area contributed by atoms with E-state index in [1.807, 2.05) is 25.7 Å². The molecule has 2 fully saturated rings. The van der Waals surface area contributed by atoms with Gasteiger partial charge in [0.1, 0.15) is 5.78 Å². The van der Waals surface area contributed by atoms with Crippen LogP contribution in [0.3, 0.4) is 0 Å². The van der Waals surface area contributed by atoms with Crippen molar-refractivity contribution in [2.45, 2.75) is 52.9 Å². The van der Waals surface area contributed by atoms with Gasteiger partial charge in [-0.15, -0.1) is 0 Å². The molecule has 5 heteroatoms. The van der Waals surface area contributed by atoms with Gasteiger partial charge in [-0.2, -0.15) is 0 Å². The van der Waals surface area contributed by atoms with Gasteiger partial charge in [-0.1, -0.05) is 20.8 Å². The zero-order valence-electron chi connectivity index (χ0n) is 16.7. The Balaban J connectivity index is 1.71. The highest BCUT2D eigenvalue weighted by Gasteiger charge is 2.35. The number of carbonyl (C=O) groups is 2. The second kappa shape index (κ2) is 9.13. The number of piperidine rings is 1. The summed E-state index contributed by atoms with van der Waals surface area (Å²) in [5, 5.41) is 0.